The fraction of sp³-hybridized carbons (Fsp3) is 0.300. The molecule has 0 amide bonds. The van der Waals surface area contributed by atoms with E-state index < -0.39 is 33.9 Å². The van der Waals surface area contributed by atoms with Gasteiger partial charge < -0.3 is 10.8 Å². The summed E-state index contributed by atoms with van der Waals surface area (Å²) in [6.45, 7) is -0.0217. The van der Waals surface area contributed by atoms with Gasteiger partial charge in [-0.1, -0.05) is 11.6 Å². The molecule has 94 valence electrons. The van der Waals surface area contributed by atoms with Gasteiger partial charge in [0.1, 0.15) is 5.75 Å². The standard InChI is InChI=1S/C10H9ClF3NO2/c11-7-4-5(10(12,13)14)3-6(9(7)17)8(16)1-2-15/h3-4,17H,1-2,15H2. The molecule has 0 fully saturated rings. The van der Waals surface area contributed by atoms with Gasteiger partial charge in [0, 0.05) is 6.42 Å². The Morgan fingerprint density at radius 2 is 2.00 bits per heavy atom. The lowest BCUT2D eigenvalue weighted by molar-refractivity contribution is -0.137. The molecule has 0 bridgehead atoms. The van der Waals surface area contributed by atoms with E-state index >= 15 is 0 Å². The van der Waals surface area contributed by atoms with Crippen molar-refractivity contribution in [2.24, 2.45) is 5.73 Å². The molecule has 0 aromatic heterocycles. The number of Topliss-reactive ketones (excluding diaryl/α,β-unsaturated/α-hetero) is 1. The third-order valence-corrected chi connectivity index (χ3v) is 2.35. The van der Waals surface area contributed by atoms with Crippen LogP contribution in [0.2, 0.25) is 5.02 Å². The molecule has 7 heteroatoms. The van der Waals surface area contributed by atoms with Gasteiger partial charge in [-0.25, -0.2) is 0 Å². The van der Waals surface area contributed by atoms with E-state index in [9.17, 15) is 23.1 Å². The monoisotopic (exact) mass is 267 g/mol. The molecule has 0 radical (unpaired) electrons. The Kier molecular flexibility index (Phi) is 4.00. The van der Waals surface area contributed by atoms with E-state index in [-0.39, 0.29) is 13.0 Å². The number of hydrogen-bond acceptors (Lipinski definition) is 3. The molecule has 3 nitrogen and oxygen atoms in total. The number of aromatic hydroxyl groups is 1. The van der Waals surface area contributed by atoms with Crippen molar-refractivity contribution in [3.8, 4) is 5.75 Å². The van der Waals surface area contributed by atoms with Crippen molar-refractivity contribution in [2.45, 2.75) is 12.6 Å². The van der Waals surface area contributed by atoms with Crippen molar-refractivity contribution in [2.75, 3.05) is 6.54 Å². The van der Waals surface area contributed by atoms with Crippen molar-refractivity contribution in [1.29, 1.82) is 0 Å². The first-order valence-electron chi connectivity index (χ1n) is 4.60. The molecule has 0 unspecified atom stereocenters. The maximum absolute atomic E-state index is 12.5. The molecule has 0 saturated heterocycles. The summed E-state index contributed by atoms with van der Waals surface area (Å²) in [6, 6.07) is 1.13. The van der Waals surface area contributed by atoms with E-state index in [1.807, 2.05) is 0 Å². The molecular formula is C10H9ClF3NO2. The van der Waals surface area contributed by atoms with Gasteiger partial charge in [-0.3, -0.25) is 4.79 Å². The number of phenolic OH excluding ortho intramolecular Hbond substituents is 1. The van der Waals surface area contributed by atoms with Gasteiger partial charge in [0.05, 0.1) is 16.1 Å². The summed E-state index contributed by atoms with van der Waals surface area (Å²) < 4.78 is 37.4. The summed E-state index contributed by atoms with van der Waals surface area (Å²) in [7, 11) is 0. The second-order valence-electron chi connectivity index (χ2n) is 3.31. The van der Waals surface area contributed by atoms with Gasteiger partial charge in [0.25, 0.3) is 0 Å². The van der Waals surface area contributed by atoms with Crippen LogP contribution in [0.3, 0.4) is 0 Å². The number of alkyl halides is 3. The minimum atomic E-state index is -4.63. The van der Waals surface area contributed by atoms with Crippen molar-refractivity contribution in [3.63, 3.8) is 0 Å². The number of hydrogen-bond donors (Lipinski definition) is 2. The van der Waals surface area contributed by atoms with Gasteiger partial charge in [-0.2, -0.15) is 13.2 Å². The topological polar surface area (TPSA) is 63.3 Å². The first-order valence-corrected chi connectivity index (χ1v) is 4.98. The Bertz CT molecular complexity index is 446. The Labute approximate surface area is 100.0 Å². The summed E-state index contributed by atoms with van der Waals surface area (Å²) in [5, 5.41) is 8.91. The zero-order chi connectivity index (χ0) is 13.2. The van der Waals surface area contributed by atoms with Crippen molar-refractivity contribution < 1.29 is 23.1 Å². The average molecular weight is 268 g/mol. The summed E-state index contributed by atoms with van der Waals surface area (Å²) >= 11 is 5.44. The molecule has 17 heavy (non-hydrogen) atoms. The molecule has 1 aromatic rings. The fourth-order valence-electron chi connectivity index (χ4n) is 1.24. The number of halogens is 4. The van der Waals surface area contributed by atoms with Gasteiger partial charge in [-0.05, 0) is 18.7 Å². The van der Waals surface area contributed by atoms with Crippen LogP contribution in [0.15, 0.2) is 12.1 Å². The maximum Gasteiger partial charge on any atom is 0.416 e. The lowest BCUT2D eigenvalue weighted by Crippen LogP contribution is -2.11. The largest absolute Gasteiger partial charge is 0.506 e. The van der Waals surface area contributed by atoms with Crippen molar-refractivity contribution in [3.05, 3.63) is 28.3 Å². The van der Waals surface area contributed by atoms with Crippen LogP contribution >= 0.6 is 11.6 Å². The molecule has 1 aromatic carbocycles. The highest BCUT2D eigenvalue weighted by molar-refractivity contribution is 6.32. The number of rotatable bonds is 3. The molecule has 0 aliphatic heterocycles. The van der Waals surface area contributed by atoms with Gasteiger partial charge in [-0.15, -0.1) is 0 Å². The number of ketones is 1. The van der Waals surface area contributed by atoms with Crippen LogP contribution in [0.25, 0.3) is 0 Å². The van der Waals surface area contributed by atoms with Crippen LogP contribution in [0.4, 0.5) is 13.2 Å². The second kappa shape index (κ2) is 4.93. The number of phenols is 1. The van der Waals surface area contributed by atoms with Crippen LogP contribution in [-0.2, 0) is 6.18 Å². The van der Waals surface area contributed by atoms with Crippen LogP contribution < -0.4 is 5.73 Å². The quantitative estimate of drug-likeness (QED) is 0.828. The Morgan fingerprint density at radius 3 is 2.47 bits per heavy atom. The SMILES string of the molecule is NCCC(=O)c1cc(C(F)(F)F)cc(Cl)c1O. The molecule has 0 spiro atoms. The maximum atomic E-state index is 12.5. The van der Waals surface area contributed by atoms with Crippen LogP contribution in [0, 0.1) is 0 Å². The lowest BCUT2D eigenvalue weighted by atomic mass is 10.0. The second-order valence-corrected chi connectivity index (χ2v) is 3.72. The van der Waals surface area contributed by atoms with E-state index in [1.165, 1.54) is 0 Å². The van der Waals surface area contributed by atoms with Crippen LogP contribution in [0.1, 0.15) is 22.3 Å². The average Bonchev–Trinajstić information content (AvgIpc) is 2.20. The first kappa shape index (κ1) is 13.8. The molecule has 0 aliphatic carbocycles. The Hall–Kier alpha value is -1.27. The molecular weight excluding hydrogens is 259 g/mol. The molecule has 0 aliphatic rings. The minimum absolute atomic E-state index is 0.0217. The van der Waals surface area contributed by atoms with E-state index in [1.54, 1.807) is 0 Å². The van der Waals surface area contributed by atoms with Gasteiger partial charge in [0.2, 0.25) is 0 Å². The highest BCUT2D eigenvalue weighted by atomic mass is 35.5. The third kappa shape index (κ3) is 3.10. The predicted octanol–water partition coefficient (Wildman–Crippen LogP) is 2.60. The summed E-state index contributed by atoms with van der Waals surface area (Å²) in [5.74, 6) is -1.34. The molecule has 1 rings (SSSR count). The zero-order valence-electron chi connectivity index (χ0n) is 8.51. The lowest BCUT2D eigenvalue weighted by Gasteiger charge is -2.11. The van der Waals surface area contributed by atoms with Crippen molar-refractivity contribution >= 4 is 17.4 Å². The highest BCUT2D eigenvalue weighted by Gasteiger charge is 2.32. The van der Waals surface area contributed by atoms with E-state index in [0.29, 0.717) is 12.1 Å². The number of carbonyl (C=O) groups excluding carboxylic acids is 1. The number of carbonyl (C=O) groups is 1. The summed E-state index contributed by atoms with van der Waals surface area (Å²) in [6.07, 6.45) is -4.79. The van der Waals surface area contributed by atoms with E-state index in [2.05, 4.69) is 0 Å². The predicted molar refractivity (Wildman–Crippen MR) is 56.1 cm³/mol. The van der Waals surface area contributed by atoms with Crippen molar-refractivity contribution in [1.82, 2.24) is 0 Å². The smallest absolute Gasteiger partial charge is 0.416 e. The normalized spacial score (nSPS) is 11.6. The van der Waals surface area contributed by atoms with Crippen LogP contribution in [0.5, 0.6) is 5.75 Å². The van der Waals surface area contributed by atoms with Gasteiger partial charge in [0.15, 0.2) is 5.78 Å². The first-order chi connectivity index (χ1) is 7.77. The zero-order valence-corrected chi connectivity index (χ0v) is 9.27. The molecule has 0 atom stereocenters. The third-order valence-electron chi connectivity index (χ3n) is 2.06. The van der Waals surface area contributed by atoms with Crippen LogP contribution in [-0.4, -0.2) is 17.4 Å². The summed E-state index contributed by atoms with van der Waals surface area (Å²) in [4.78, 5) is 11.4. The fourth-order valence-corrected chi connectivity index (χ4v) is 1.46. The molecule has 0 saturated carbocycles. The Balaban J connectivity index is 3.30. The summed E-state index contributed by atoms with van der Waals surface area (Å²) in [5.41, 5.74) is 3.58. The number of benzene rings is 1. The number of nitrogens with two attached hydrogens (primary N) is 1. The van der Waals surface area contributed by atoms with E-state index in [4.69, 9.17) is 17.3 Å². The molecule has 3 N–H and O–H groups in total. The van der Waals surface area contributed by atoms with Gasteiger partial charge >= 0.3 is 6.18 Å². The highest BCUT2D eigenvalue weighted by Crippen LogP contribution is 2.37. The minimum Gasteiger partial charge on any atom is -0.506 e. The van der Waals surface area contributed by atoms with E-state index in [0.717, 1.165) is 0 Å². The molecule has 0 heterocycles. The Morgan fingerprint density at radius 1 is 1.41 bits per heavy atom.